The Morgan fingerprint density at radius 3 is 2.60 bits per heavy atom. The highest BCUT2D eigenvalue weighted by Gasteiger charge is 2.39. The van der Waals surface area contributed by atoms with Crippen LogP contribution in [0.4, 0.5) is 19.0 Å². The molecule has 2 saturated heterocycles. The minimum absolute atomic E-state index is 0.0536. The number of nitriles is 1. The zero-order chi connectivity index (χ0) is 25.0. The Morgan fingerprint density at radius 1 is 1.20 bits per heavy atom. The Labute approximate surface area is 198 Å². The molecule has 186 valence electrons. The van der Waals surface area contributed by atoms with Gasteiger partial charge in [0.25, 0.3) is 5.56 Å². The molecule has 2 atom stereocenters. The van der Waals surface area contributed by atoms with Gasteiger partial charge in [0.15, 0.2) is 11.3 Å². The molecule has 35 heavy (non-hydrogen) atoms. The van der Waals surface area contributed by atoms with Gasteiger partial charge in [-0.2, -0.15) is 23.5 Å². The van der Waals surface area contributed by atoms with Crippen LogP contribution in [0.5, 0.6) is 5.75 Å². The molecule has 1 amide bonds. The third-order valence-corrected chi connectivity index (χ3v) is 5.96. The van der Waals surface area contributed by atoms with Gasteiger partial charge in [-0.05, 0) is 25.0 Å². The van der Waals surface area contributed by atoms with Gasteiger partial charge in [-0.3, -0.25) is 9.59 Å². The molecule has 0 unspecified atom stereocenters. The molecule has 10 nitrogen and oxygen atoms in total. The highest BCUT2D eigenvalue weighted by Crippen LogP contribution is 2.33. The molecular formula is C22H23F3N6O4. The number of rotatable bonds is 6. The van der Waals surface area contributed by atoms with Crippen molar-refractivity contribution in [3.63, 3.8) is 0 Å². The number of hydrogen-bond donors (Lipinski definition) is 1. The van der Waals surface area contributed by atoms with Gasteiger partial charge >= 0.3 is 6.18 Å². The molecule has 0 aliphatic carbocycles. The highest BCUT2D eigenvalue weighted by molar-refractivity contribution is 5.77. The van der Waals surface area contributed by atoms with Crippen molar-refractivity contribution < 1.29 is 27.4 Å². The summed E-state index contributed by atoms with van der Waals surface area (Å²) in [5, 5.41) is 14.0. The molecule has 2 fully saturated rings. The summed E-state index contributed by atoms with van der Waals surface area (Å²) < 4.78 is 50.4. The SMILES string of the molecule is N#Cc1ccc(N2CCN(C(=O)C[C@@H]3CC[C@@H](COc4cn[nH]c(=O)c4C(F)(F)F)O3)CC2)nc1. The summed E-state index contributed by atoms with van der Waals surface area (Å²) in [6.45, 7) is 2.08. The first kappa shape index (κ1) is 24.5. The van der Waals surface area contributed by atoms with Crippen molar-refractivity contribution in [2.75, 3.05) is 37.7 Å². The fraction of sp³-hybridized carbons (Fsp3) is 0.500. The third kappa shape index (κ3) is 5.89. The molecule has 2 aromatic heterocycles. The smallest absolute Gasteiger partial charge is 0.425 e. The molecule has 4 rings (SSSR count). The van der Waals surface area contributed by atoms with Crippen LogP contribution in [0.25, 0.3) is 0 Å². The second-order valence-electron chi connectivity index (χ2n) is 8.29. The third-order valence-electron chi connectivity index (χ3n) is 5.96. The van der Waals surface area contributed by atoms with Crippen LogP contribution in [0.1, 0.15) is 30.4 Å². The maximum atomic E-state index is 13.1. The minimum Gasteiger partial charge on any atom is -0.488 e. The van der Waals surface area contributed by atoms with E-state index in [-0.39, 0.29) is 25.0 Å². The molecule has 0 spiro atoms. The maximum Gasteiger partial charge on any atom is 0.425 e. The normalized spacial score (nSPS) is 20.5. The van der Waals surface area contributed by atoms with E-state index in [0.29, 0.717) is 44.6 Å². The van der Waals surface area contributed by atoms with E-state index in [2.05, 4.69) is 10.1 Å². The van der Waals surface area contributed by atoms with E-state index in [1.807, 2.05) is 11.0 Å². The van der Waals surface area contributed by atoms with Gasteiger partial charge in [0.05, 0.1) is 30.4 Å². The number of halogens is 3. The van der Waals surface area contributed by atoms with Crippen LogP contribution in [0.2, 0.25) is 0 Å². The first-order valence-electron chi connectivity index (χ1n) is 11.1. The summed E-state index contributed by atoms with van der Waals surface area (Å²) in [6.07, 6.45) is -2.12. The number of carbonyl (C=O) groups excluding carboxylic acids is 1. The first-order chi connectivity index (χ1) is 16.7. The lowest BCUT2D eigenvalue weighted by Gasteiger charge is -2.35. The van der Waals surface area contributed by atoms with Gasteiger partial charge < -0.3 is 19.3 Å². The Morgan fingerprint density at radius 2 is 1.94 bits per heavy atom. The summed E-state index contributed by atoms with van der Waals surface area (Å²) in [4.78, 5) is 32.3. The van der Waals surface area contributed by atoms with E-state index in [9.17, 15) is 22.8 Å². The van der Waals surface area contributed by atoms with Crippen molar-refractivity contribution in [3.8, 4) is 11.8 Å². The molecule has 2 aromatic rings. The van der Waals surface area contributed by atoms with Crippen LogP contribution >= 0.6 is 0 Å². The Hall–Kier alpha value is -3.66. The number of aromatic nitrogens is 3. The summed E-state index contributed by atoms with van der Waals surface area (Å²) in [5.74, 6) is 0.0449. The average molecular weight is 492 g/mol. The van der Waals surface area contributed by atoms with Crippen LogP contribution in [-0.4, -0.2) is 71.0 Å². The van der Waals surface area contributed by atoms with Crippen molar-refractivity contribution in [3.05, 3.63) is 46.0 Å². The molecule has 0 radical (unpaired) electrons. The molecule has 1 N–H and O–H groups in total. The quantitative estimate of drug-likeness (QED) is 0.647. The molecule has 0 saturated carbocycles. The van der Waals surface area contributed by atoms with Gasteiger partial charge in [-0.25, -0.2) is 10.1 Å². The minimum atomic E-state index is -4.88. The number of H-pyrrole nitrogens is 1. The van der Waals surface area contributed by atoms with Gasteiger partial charge in [0, 0.05) is 32.4 Å². The number of carbonyl (C=O) groups is 1. The van der Waals surface area contributed by atoms with E-state index in [0.717, 1.165) is 12.0 Å². The summed E-state index contributed by atoms with van der Waals surface area (Å²) in [5.41, 5.74) is -2.33. The number of aromatic amines is 1. The maximum absolute atomic E-state index is 13.1. The van der Waals surface area contributed by atoms with Crippen LogP contribution in [0, 0.1) is 11.3 Å². The van der Waals surface area contributed by atoms with E-state index in [1.165, 1.54) is 6.20 Å². The number of nitrogens with zero attached hydrogens (tertiary/aromatic N) is 5. The second-order valence-corrected chi connectivity index (χ2v) is 8.29. The number of anilines is 1. The number of pyridine rings is 1. The first-order valence-corrected chi connectivity index (χ1v) is 11.1. The largest absolute Gasteiger partial charge is 0.488 e. The van der Waals surface area contributed by atoms with Crippen molar-refractivity contribution in [1.29, 1.82) is 5.26 Å². The summed E-state index contributed by atoms with van der Waals surface area (Å²) in [6, 6.07) is 5.51. The average Bonchev–Trinajstić information content (AvgIpc) is 3.29. The van der Waals surface area contributed by atoms with Crippen molar-refractivity contribution in [2.45, 2.75) is 37.6 Å². The molecule has 2 aliphatic rings. The lowest BCUT2D eigenvalue weighted by Crippen LogP contribution is -2.49. The van der Waals surface area contributed by atoms with E-state index in [4.69, 9.17) is 14.7 Å². The number of nitrogens with one attached hydrogen (secondary N) is 1. The van der Waals surface area contributed by atoms with E-state index < -0.39 is 29.2 Å². The fourth-order valence-corrected chi connectivity index (χ4v) is 4.14. The molecular weight excluding hydrogens is 469 g/mol. The van der Waals surface area contributed by atoms with E-state index in [1.54, 1.807) is 22.1 Å². The van der Waals surface area contributed by atoms with Crippen LogP contribution < -0.4 is 15.2 Å². The highest BCUT2D eigenvalue weighted by atomic mass is 19.4. The number of alkyl halides is 3. The Kier molecular flexibility index (Phi) is 7.20. The van der Waals surface area contributed by atoms with E-state index >= 15 is 0 Å². The van der Waals surface area contributed by atoms with Crippen molar-refractivity contribution in [1.82, 2.24) is 20.1 Å². The number of ether oxygens (including phenoxy) is 2. The van der Waals surface area contributed by atoms with Crippen LogP contribution in [-0.2, 0) is 15.7 Å². The Balaban J connectivity index is 1.23. The van der Waals surface area contributed by atoms with Gasteiger partial charge in [-0.1, -0.05) is 0 Å². The number of amides is 1. The molecule has 4 heterocycles. The molecule has 2 aliphatic heterocycles. The standard InChI is InChI=1S/C22H23F3N6O4/c23-22(24,25)20-17(12-28-29-21(20)33)34-13-16-3-2-15(35-16)9-19(32)31-7-5-30(6-8-31)18-4-1-14(10-26)11-27-18/h1,4,11-12,15-16H,2-3,5-9,13H2,(H,29,33)/t15-,16-/m0/s1. The number of hydrogen-bond acceptors (Lipinski definition) is 8. The summed E-state index contributed by atoms with van der Waals surface area (Å²) in [7, 11) is 0. The zero-order valence-corrected chi connectivity index (χ0v) is 18.6. The topological polar surface area (TPSA) is 124 Å². The lowest BCUT2D eigenvalue weighted by molar-refractivity contribution is -0.141. The zero-order valence-electron chi connectivity index (χ0n) is 18.6. The predicted octanol–water partition coefficient (Wildman–Crippen LogP) is 1.72. The predicted molar refractivity (Wildman–Crippen MR) is 116 cm³/mol. The van der Waals surface area contributed by atoms with Gasteiger partial charge in [0.2, 0.25) is 5.91 Å². The van der Waals surface area contributed by atoms with Crippen molar-refractivity contribution >= 4 is 11.7 Å². The summed E-state index contributed by atoms with van der Waals surface area (Å²) >= 11 is 0. The van der Waals surface area contributed by atoms with Crippen molar-refractivity contribution in [2.24, 2.45) is 0 Å². The molecule has 0 aromatic carbocycles. The van der Waals surface area contributed by atoms with Gasteiger partial charge in [0.1, 0.15) is 18.5 Å². The number of piperazine rings is 1. The fourth-order valence-electron chi connectivity index (χ4n) is 4.14. The van der Waals surface area contributed by atoms with Crippen LogP contribution in [0.15, 0.2) is 29.3 Å². The lowest BCUT2D eigenvalue weighted by atomic mass is 10.1. The van der Waals surface area contributed by atoms with Crippen LogP contribution in [0.3, 0.4) is 0 Å². The molecule has 0 bridgehead atoms. The molecule has 13 heteroatoms. The second kappa shape index (κ2) is 10.3. The monoisotopic (exact) mass is 492 g/mol. The Bertz CT molecular complexity index is 1140. The van der Waals surface area contributed by atoms with Gasteiger partial charge in [-0.15, -0.1) is 0 Å².